The Hall–Kier alpha value is -6.81. The Morgan fingerprint density at radius 3 is 0.933 bits per heavy atom. The van der Waals surface area contributed by atoms with Crippen LogP contribution in [0.2, 0.25) is 0 Å². The molecule has 10 aromatic rings. The predicted octanol–water partition coefficient (Wildman–Crippen LogP) is 8.98. The van der Waals surface area contributed by atoms with Gasteiger partial charge in [0.2, 0.25) is 0 Å². The molecule has 45 heavy (non-hydrogen) atoms. The third kappa shape index (κ3) is 2.80. The summed E-state index contributed by atoms with van der Waals surface area (Å²) in [6, 6.07) is 43.9. The topological polar surface area (TPSA) is 84.6 Å². The lowest BCUT2D eigenvalue weighted by molar-refractivity contribution is 1.31. The molecule has 0 unspecified atom stereocenters. The molecule has 4 heterocycles. The molecule has 0 radical (unpaired) electrons. The first-order valence-electron chi connectivity index (χ1n) is 14.6. The fraction of sp³-hybridized carbons (Fsp3) is 0. The zero-order valence-corrected chi connectivity index (χ0v) is 23.6. The fourth-order valence-electron chi connectivity index (χ4n) is 7.65. The molecule has 10 rings (SSSR count). The number of para-hydroxylation sites is 3. The number of nitrogens with zero attached hydrogens (tertiary/aromatic N) is 6. The van der Waals surface area contributed by atoms with Crippen molar-refractivity contribution in [2.24, 2.45) is 0 Å². The van der Waals surface area contributed by atoms with Crippen LogP contribution in [0.25, 0.3) is 82.0 Å². The highest BCUT2D eigenvalue weighted by Crippen LogP contribution is 2.41. The number of fused-ring (bicyclic) bond motifs is 12. The van der Waals surface area contributed by atoms with E-state index in [1.165, 1.54) is 0 Å². The smallest absolute Gasteiger partial charge is 0.0991 e. The van der Waals surface area contributed by atoms with Crippen LogP contribution >= 0.6 is 0 Å². The van der Waals surface area contributed by atoms with E-state index in [0.717, 1.165) is 82.0 Å². The molecule has 204 valence electrons. The number of aromatic nitrogens is 3. The molecule has 4 aromatic heterocycles. The third-order valence-corrected chi connectivity index (χ3v) is 9.41. The van der Waals surface area contributed by atoms with Crippen molar-refractivity contribution in [3.8, 4) is 18.2 Å². The quantitative estimate of drug-likeness (QED) is 0.182. The number of hydrogen-bond acceptors (Lipinski definition) is 3. The summed E-state index contributed by atoms with van der Waals surface area (Å²) in [7, 11) is 0. The van der Waals surface area contributed by atoms with Crippen molar-refractivity contribution >= 4 is 82.0 Å². The lowest BCUT2D eigenvalue weighted by Crippen LogP contribution is -1.90. The van der Waals surface area contributed by atoms with Crippen LogP contribution < -0.4 is 0 Å². The van der Waals surface area contributed by atoms with Crippen LogP contribution in [-0.4, -0.2) is 13.2 Å². The van der Waals surface area contributed by atoms with Crippen LogP contribution in [-0.2, 0) is 0 Å². The Balaban J connectivity index is 1.69. The minimum Gasteiger partial charge on any atom is -0.305 e. The van der Waals surface area contributed by atoms with Gasteiger partial charge in [0.25, 0.3) is 0 Å². The molecular weight excluding hydrogens is 552 g/mol. The van der Waals surface area contributed by atoms with Crippen molar-refractivity contribution in [2.75, 3.05) is 0 Å². The number of nitriles is 3. The van der Waals surface area contributed by atoms with Gasteiger partial charge in [0.05, 0.1) is 84.5 Å². The lowest BCUT2D eigenvalue weighted by atomic mass is 10.1. The third-order valence-electron chi connectivity index (χ3n) is 9.41. The van der Waals surface area contributed by atoms with Crippen LogP contribution in [0.15, 0.2) is 109 Å². The van der Waals surface area contributed by atoms with E-state index in [-0.39, 0.29) is 0 Å². The standard InChI is InChI=1S/C39H18N6/c40-19-22-10-13-31-28(16-22)25-4-1-7-34-37(25)44(31)36-9-3-6-27-30-18-24(21-42)12-15-33(30)45(39(27)36)35-8-2-5-26-29-17-23(20-41)11-14-32(29)43(34)38(26)35/h1-18H. The Kier molecular flexibility index (Phi) is 4.31. The Morgan fingerprint density at radius 2 is 0.644 bits per heavy atom. The van der Waals surface area contributed by atoms with E-state index in [9.17, 15) is 15.8 Å². The van der Waals surface area contributed by atoms with Crippen LogP contribution in [0, 0.1) is 34.0 Å². The molecule has 0 amide bonds. The molecule has 0 aliphatic rings. The molecule has 0 aliphatic heterocycles. The van der Waals surface area contributed by atoms with Gasteiger partial charge in [-0.25, -0.2) is 0 Å². The highest BCUT2D eigenvalue weighted by atomic mass is 15.0. The van der Waals surface area contributed by atoms with Crippen LogP contribution in [0.4, 0.5) is 0 Å². The van der Waals surface area contributed by atoms with Crippen LogP contribution in [0.3, 0.4) is 0 Å². The predicted molar refractivity (Wildman–Crippen MR) is 178 cm³/mol. The van der Waals surface area contributed by atoms with E-state index < -0.39 is 0 Å². The molecule has 0 aliphatic carbocycles. The van der Waals surface area contributed by atoms with Gasteiger partial charge < -0.3 is 13.2 Å². The molecule has 0 N–H and O–H groups in total. The average molecular weight is 571 g/mol. The van der Waals surface area contributed by atoms with Gasteiger partial charge in [-0.1, -0.05) is 36.4 Å². The lowest BCUT2D eigenvalue weighted by Gasteiger charge is -2.05. The second-order valence-corrected chi connectivity index (χ2v) is 11.6. The number of hydrogen-bond donors (Lipinski definition) is 0. The van der Waals surface area contributed by atoms with E-state index in [0.29, 0.717) is 16.7 Å². The highest BCUT2D eigenvalue weighted by molar-refractivity contribution is 6.22. The van der Waals surface area contributed by atoms with E-state index in [1.54, 1.807) is 0 Å². The summed E-state index contributed by atoms with van der Waals surface area (Å²) in [5.41, 5.74) is 11.0. The zero-order valence-electron chi connectivity index (χ0n) is 23.6. The summed E-state index contributed by atoms with van der Waals surface area (Å²) >= 11 is 0. The van der Waals surface area contributed by atoms with Gasteiger partial charge >= 0.3 is 0 Å². The van der Waals surface area contributed by atoms with E-state index in [2.05, 4.69) is 86.0 Å². The largest absolute Gasteiger partial charge is 0.305 e. The summed E-state index contributed by atoms with van der Waals surface area (Å²) in [6.07, 6.45) is 0. The molecule has 6 nitrogen and oxygen atoms in total. The maximum atomic E-state index is 9.84. The minimum atomic E-state index is 0.610. The highest BCUT2D eigenvalue weighted by Gasteiger charge is 2.21. The SMILES string of the molecule is N#Cc1ccc2c(c1)c1cccc3c1n2c1cccc2c4cc(C#N)ccc4n(c4cccc5c6cc(C#N)ccc6n3c54)c21. The maximum Gasteiger partial charge on any atom is 0.0991 e. The molecule has 0 saturated heterocycles. The summed E-state index contributed by atoms with van der Waals surface area (Å²) in [5.74, 6) is 0. The van der Waals surface area contributed by atoms with E-state index >= 15 is 0 Å². The second-order valence-electron chi connectivity index (χ2n) is 11.6. The summed E-state index contributed by atoms with van der Waals surface area (Å²) in [4.78, 5) is 0. The average Bonchev–Trinajstić information content (AvgIpc) is 3.73. The van der Waals surface area contributed by atoms with Gasteiger partial charge in [0.15, 0.2) is 0 Å². The molecule has 0 fully saturated rings. The second kappa shape index (κ2) is 8.17. The first kappa shape index (κ1) is 23.7. The Morgan fingerprint density at radius 1 is 0.333 bits per heavy atom. The van der Waals surface area contributed by atoms with Gasteiger partial charge in [-0.05, 0) is 72.8 Å². The zero-order chi connectivity index (χ0) is 30.0. The number of benzene rings is 6. The van der Waals surface area contributed by atoms with Gasteiger partial charge in [-0.3, -0.25) is 0 Å². The first-order chi connectivity index (χ1) is 22.2. The van der Waals surface area contributed by atoms with Crippen molar-refractivity contribution in [3.05, 3.63) is 126 Å². The normalized spacial score (nSPS) is 11.9. The first-order valence-corrected chi connectivity index (χ1v) is 14.6. The van der Waals surface area contributed by atoms with Crippen molar-refractivity contribution in [1.82, 2.24) is 13.2 Å². The summed E-state index contributed by atoms with van der Waals surface area (Å²) in [5, 5.41) is 35.7. The molecule has 6 heteroatoms. The fourth-order valence-corrected chi connectivity index (χ4v) is 7.65. The summed E-state index contributed by atoms with van der Waals surface area (Å²) < 4.78 is 6.99. The van der Waals surface area contributed by atoms with E-state index in [1.807, 2.05) is 54.6 Å². The minimum absolute atomic E-state index is 0.610. The van der Waals surface area contributed by atoms with E-state index in [4.69, 9.17) is 0 Å². The van der Waals surface area contributed by atoms with Gasteiger partial charge in [-0.2, -0.15) is 15.8 Å². The molecule has 0 atom stereocenters. The van der Waals surface area contributed by atoms with Gasteiger partial charge in [0, 0.05) is 32.3 Å². The molecule has 6 aromatic carbocycles. The maximum absolute atomic E-state index is 9.84. The molecular formula is C39H18N6. The van der Waals surface area contributed by atoms with Crippen LogP contribution in [0.5, 0.6) is 0 Å². The van der Waals surface area contributed by atoms with Crippen molar-refractivity contribution in [3.63, 3.8) is 0 Å². The molecule has 0 saturated carbocycles. The molecule has 0 bridgehead atoms. The molecule has 0 spiro atoms. The van der Waals surface area contributed by atoms with Gasteiger partial charge in [-0.15, -0.1) is 0 Å². The monoisotopic (exact) mass is 570 g/mol. The van der Waals surface area contributed by atoms with Crippen molar-refractivity contribution in [2.45, 2.75) is 0 Å². The van der Waals surface area contributed by atoms with Crippen molar-refractivity contribution in [1.29, 1.82) is 15.8 Å². The van der Waals surface area contributed by atoms with Gasteiger partial charge in [0.1, 0.15) is 0 Å². The Bertz CT molecular complexity index is 2790. The summed E-state index contributed by atoms with van der Waals surface area (Å²) in [6.45, 7) is 0. The van der Waals surface area contributed by atoms with Crippen LogP contribution in [0.1, 0.15) is 16.7 Å². The Labute approximate surface area is 254 Å². The van der Waals surface area contributed by atoms with Crippen molar-refractivity contribution < 1.29 is 0 Å². The number of rotatable bonds is 0.